The van der Waals surface area contributed by atoms with E-state index in [9.17, 15) is 9.59 Å². The Kier molecular flexibility index (Phi) is 3.57. The molecule has 1 amide bonds. The zero-order valence-corrected chi connectivity index (χ0v) is 9.87. The van der Waals surface area contributed by atoms with E-state index in [1.54, 1.807) is 12.1 Å². The molecule has 1 fully saturated rings. The number of aromatic nitrogens is 1. The number of carboxylic acids is 1. The Balaban J connectivity index is 2.22. The number of hydrogen-bond acceptors (Lipinski definition) is 4. The van der Waals surface area contributed by atoms with Gasteiger partial charge in [0.05, 0.1) is 5.69 Å². The van der Waals surface area contributed by atoms with Crippen LogP contribution in [0.3, 0.4) is 0 Å². The molecular weight excluding hydrogens is 234 g/mol. The summed E-state index contributed by atoms with van der Waals surface area (Å²) in [5, 5.41) is 9.05. The SMILES string of the molecule is NCc1cc(C(=O)N2CCC[C@@H]2C(=O)O)ccn1. The fraction of sp³-hybridized carbons (Fsp3) is 0.417. The van der Waals surface area contributed by atoms with Crippen molar-refractivity contribution < 1.29 is 14.7 Å². The van der Waals surface area contributed by atoms with Gasteiger partial charge in [0.15, 0.2) is 0 Å². The van der Waals surface area contributed by atoms with Crippen molar-refractivity contribution in [3.05, 3.63) is 29.6 Å². The van der Waals surface area contributed by atoms with Gasteiger partial charge < -0.3 is 15.7 Å². The first kappa shape index (κ1) is 12.5. The molecule has 0 radical (unpaired) electrons. The minimum Gasteiger partial charge on any atom is -0.480 e. The number of likely N-dealkylation sites (tertiary alicyclic amines) is 1. The number of rotatable bonds is 3. The van der Waals surface area contributed by atoms with Gasteiger partial charge in [0.25, 0.3) is 5.91 Å². The van der Waals surface area contributed by atoms with E-state index in [0.717, 1.165) is 6.42 Å². The van der Waals surface area contributed by atoms with Crippen LogP contribution in [0.5, 0.6) is 0 Å². The van der Waals surface area contributed by atoms with Gasteiger partial charge in [0.1, 0.15) is 6.04 Å². The average Bonchev–Trinajstić information content (AvgIpc) is 2.87. The summed E-state index contributed by atoms with van der Waals surface area (Å²) in [7, 11) is 0. The molecule has 6 heteroatoms. The lowest BCUT2D eigenvalue weighted by molar-refractivity contribution is -0.141. The first-order valence-corrected chi connectivity index (χ1v) is 5.82. The fourth-order valence-corrected chi connectivity index (χ4v) is 2.16. The summed E-state index contributed by atoms with van der Waals surface area (Å²) >= 11 is 0. The minimum atomic E-state index is -0.950. The molecule has 0 saturated carbocycles. The molecular formula is C12H15N3O3. The third kappa shape index (κ3) is 2.33. The second kappa shape index (κ2) is 5.14. The molecule has 1 aromatic rings. The summed E-state index contributed by atoms with van der Waals surface area (Å²) in [6.07, 6.45) is 2.74. The van der Waals surface area contributed by atoms with Crippen molar-refractivity contribution in [3.63, 3.8) is 0 Å². The van der Waals surface area contributed by atoms with Crippen LogP contribution >= 0.6 is 0 Å². The molecule has 0 aliphatic carbocycles. The Hall–Kier alpha value is -1.95. The van der Waals surface area contributed by atoms with Crippen LogP contribution in [0.2, 0.25) is 0 Å². The van der Waals surface area contributed by atoms with Crippen molar-refractivity contribution in [2.75, 3.05) is 6.54 Å². The average molecular weight is 249 g/mol. The summed E-state index contributed by atoms with van der Waals surface area (Å²) in [4.78, 5) is 28.7. The lowest BCUT2D eigenvalue weighted by Crippen LogP contribution is -2.40. The summed E-state index contributed by atoms with van der Waals surface area (Å²) < 4.78 is 0. The zero-order chi connectivity index (χ0) is 13.1. The predicted octanol–water partition coefficient (Wildman–Crippen LogP) is 0.229. The van der Waals surface area contributed by atoms with Crippen molar-refractivity contribution in [3.8, 4) is 0 Å². The van der Waals surface area contributed by atoms with Gasteiger partial charge in [-0.15, -0.1) is 0 Å². The number of amides is 1. The second-order valence-electron chi connectivity index (χ2n) is 4.23. The Morgan fingerprint density at radius 3 is 3.00 bits per heavy atom. The van der Waals surface area contributed by atoms with Crippen LogP contribution in [-0.2, 0) is 11.3 Å². The lowest BCUT2D eigenvalue weighted by Gasteiger charge is -2.21. The molecule has 0 aromatic carbocycles. The van der Waals surface area contributed by atoms with Crippen LogP contribution in [0.25, 0.3) is 0 Å². The number of aliphatic carboxylic acids is 1. The topological polar surface area (TPSA) is 96.5 Å². The number of carboxylic acid groups (broad SMARTS) is 1. The fourth-order valence-electron chi connectivity index (χ4n) is 2.16. The van der Waals surface area contributed by atoms with E-state index in [4.69, 9.17) is 10.8 Å². The number of nitrogens with zero attached hydrogens (tertiary/aromatic N) is 2. The van der Waals surface area contributed by atoms with Crippen molar-refractivity contribution in [2.45, 2.75) is 25.4 Å². The number of nitrogens with two attached hydrogens (primary N) is 1. The maximum absolute atomic E-state index is 12.2. The van der Waals surface area contributed by atoms with Crippen molar-refractivity contribution in [2.24, 2.45) is 5.73 Å². The molecule has 6 nitrogen and oxygen atoms in total. The molecule has 0 spiro atoms. The highest BCUT2D eigenvalue weighted by Gasteiger charge is 2.34. The summed E-state index contributed by atoms with van der Waals surface area (Å²) in [5.74, 6) is -1.22. The van der Waals surface area contributed by atoms with Gasteiger partial charge in [-0.05, 0) is 25.0 Å². The van der Waals surface area contributed by atoms with Gasteiger partial charge in [-0.1, -0.05) is 0 Å². The first-order chi connectivity index (χ1) is 8.63. The Morgan fingerprint density at radius 2 is 2.33 bits per heavy atom. The van der Waals surface area contributed by atoms with E-state index < -0.39 is 12.0 Å². The third-order valence-corrected chi connectivity index (χ3v) is 3.07. The normalized spacial score (nSPS) is 18.9. The quantitative estimate of drug-likeness (QED) is 0.799. The molecule has 0 unspecified atom stereocenters. The number of hydrogen-bond donors (Lipinski definition) is 2. The summed E-state index contributed by atoms with van der Waals surface area (Å²) in [5.41, 5.74) is 6.53. The monoisotopic (exact) mass is 249 g/mol. The Bertz CT molecular complexity index is 475. The largest absolute Gasteiger partial charge is 0.480 e. The van der Waals surface area contributed by atoms with Crippen LogP contribution in [0.1, 0.15) is 28.9 Å². The van der Waals surface area contributed by atoms with Gasteiger partial charge in [-0.25, -0.2) is 4.79 Å². The molecule has 2 rings (SSSR count). The maximum atomic E-state index is 12.2. The highest BCUT2D eigenvalue weighted by atomic mass is 16.4. The van der Waals surface area contributed by atoms with Gasteiger partial charge in [-0.2, -0.15) is 0 Å². The van der Waals surface area contributed by atoms with E-state index in [1.807, 2.05) is 0 Å². The summed E-state index contributed by atoms with van der Waals surface area (Å²) in [6, 6.07) is 2.48. The zero-order valence-electron chi connectivity index (χ0n) is 9.87. The van der Waals surface area contributed by atoms with Crippen molar-refractivity contribution in [1.82, 2.24) is 9.88 Å². The van der Waals surface area contributed by atoms with Crippen molar-refractivity contribution in [1.29, 1.82) is 0 Å². The molecule has 2 heterocycles. The van der Waals surface area contributed by atoms with E-state index in [0.29, 0.717) is 24.2 Å². The van der Waals surface area contributed by atoms with Crippen molar-refractivity contribution >= 4 is 11.9 Å². The standard InChI is InChI=1S/C12H15N3O3/c13-7-9-6-8(3-4-14-9)11(16)15-5-1-2-10(15)12(17)18/h3-4,6,10H,1-2,5,7,13H2,(H,17,18)/t10-/m1/s1. The van der Waals surface area contributed by atoms with Crippen LogP contribution in [0, 0.1) is 0 Å². The molecule has 18 heavy (non-hydrogen) atoms. The maximum Gasteiger partial charge on any atom is 0.326 e. The Morgan fingerprint density at radius 1 is 1.56 bits per heavy atom. The van der Waals surface area contributed by atoms with Crippen LogP contribution in [0.4, 0.5) is 0 Å². The molecule has 1 aliphatic rings. The van der Waals surface area contributed by atoms with E-state index in [-0.39, 0.29) is 12.5 Å². The Labute approximate surface area is 104 Å². The van der Waals surface area contributed by atoms with Gasteiger partial charge in [0, 0.05) is 24.8 Å². The van der Waals surface area contributed by atoms with E-state index in [1.165, 1.54) is 11.1 Å². The molecule has 1 aromatic heterocycles. The van der Waals surface area contributed by atoms with Gasteiger partial charge >= 0.3 is 5.97 Å². The molecule has 1 atom stereocenters. The van der Waals surface area contributed by atoms with E-state index >= 15 is 0 Å². The third-order valence-electron chi connectivity index (χ3n) is 3.07. The number of pyridine rings is 1. The molecule has 1 saturated heterocycles. The number of carbonyl (C=O) groups is 2. The highest BCUT2D eigenvalue weighted by Crippen LogP contribution is 2.20. The smallest absolute Gasteiger partial charge is 0.326 e. The van der Waals surface area contributed by atoms with E-state index in [2.05, 4.69) is 4.98 Å². The molecule has 1 aliphatic heterocycles. The van der Waals surface area contributed by atoms with Crippen LogP contribution in [-0.4, -0.2) is 39.5 Å². The molecule has 0 bridgehead atoms. The lowest BCUT2D eigenvalue weighted by atomic mass is 10.1. The first-order valence-electron chi connectivity index (χ1n) is 5.82. The van der Waals surface area contributed by atoms with Crippen LogP contribution in [0.15, 0.2) is 18.3 Å². The minimum absolute atomic E-state index is 0.253. The number of carbonyl (C=O) groups excluding carboxylic acids is 1. The molecule has 3 N–H and O–H groups in total. The highest BCUT2D eigenvalue weighted by molar-refractivity contribution is 5.96. The predicted molar refractivity (Wildman–Crippen MR) is 63.8 cm³/mol. The summed E-state index contributed by atoms with van der Waals surface area (Å²) in [6.45, 7) is 0.736. The second-order valence-corrected chi connectivity index (χ2v) is 4.23. The molecule has 96 valence electrons. The van der Waals surface area contributed by atoms with Gasteiger partial charge in [-0.3, -0.25) is 9.78 Å². The van der Waals surface area contributed by atoms with Crippen LogP contribution < -0.4 is 5.73 Å². The van der Waals surface area contributed by atoms with Gasteiger partial charge in [0.2, 0.25) is 0 Å².